The van der Waals surface area contributed by atoms with Crippen molar-refractivity contribution < 1.29 is 33.5 Å². The molecule has 2 unspecified atom stereocenters. The van der Waals surface area contributed by atoms with Crippen LogP contribution in [0.3, 0.4) is 0 Å². The van der Waals surface area contributed by atoms with Crippen molar-refractivity contribution >= 4 is 23.7 Å². The molecule has 11 heteroatoms. The number of ketones is 1. The highest BCUT2D eigenvalue weighted by Crippen LogP contribution is 2.18. The lowest BCUT2D eigenvalue weighted by Crippen LogP contribution is -2.56. The fraction of sp³-hybridized carbons (Fsp3) is 0.778. The highest BCUT2D eigenvalue weighted by atomic mass is 16.7. The number of carbonyl (C=O) groups is 4. The normalized spacial score (nSPS) is 23.7. The van der Waals surface area contributed by atoms with E-state index in [1.54, 1.807) is 0 Å². The van der Waals surface area contributed by atoms with Gasteiger partial charge in [-0.1, -0.05) is 13.8 Å². The van der Waals surface area contributed by atoms with E-state index in [9.17, 15) is 19.2 Å². The molecule has 11 nitrogen and oxygen atoms in total. The van der Waals surface area contributed by atoms with Crippen molar-refractivity contribution in [3.05, 3.63) is 0 Å². The summed E-state index contributed by atoms with van der Waals surface area (Å²) in [5.74, 6) is -1.45. The molecule has 0 aromatic heterocycles. The Labute approximate surface area is 169 Å². The molecule has 3 atom stereocenters. The van der Waals surface area contributed by atoms with Crippen molar-refractivity contribution in [2.24, 2.45) is 11.7 Å². The first-order valence-electron chi connectivity index (χ1n) is 9.72. The fourth-order valence-corrected chi connectivity index (χ4v) is 3.24. The summed E-state index contributed by atoms with van der Waals surface area (Å²) in [6.45, 7) is 5.47. The van der Waals surface area contributed by atoms with Crippen LogP contribution in [-0.4, -0.2) is 91.8 Å². The Morgan fingerprint density at radius 3 is 2.52 bits per heavy atom. The Balaban J connectivity index is 2.06. The second-order valence-electron chi connectivity index (χ2n) is 7.58. The van der Waals surface area contributed by atoms with Crippen LogP contribution in [0.1, 0.15) is 26.7 Å². The van der Waals surface area contributed by atoms with Crippen molar-refractivity contribution in [3.8, 4) is 0 Å². The van der Waals surface area contributed by atoms with Gasteiger partial charge in [0.2, 0.25) is 11.8 Å². The van der Waals surface area contributed by atoms with Gasteiger partial charge in [0.25, 0.3) is 0 Å². The van der Waals surface area contributed by atoms with Gasteiger partial charge in [0, 0.05) is 7.05 Å². The van der Waals surface area contributed by atoms with Crippen LogP contribution in [-0.2, 0) is 28.7 Å². The molecule has 3 N–H and O–H groups in total. The summed E-state index contributed by atoms with van der Waals surface area (Å²) in [4.78, 5) is 55.4. The standard InChI is InChI=1S/C18H30N4O7/c1-11(2)4-5-12(20-18(26)29-22-6-8-27-9-7-22)17(25)21(3)14-13(23)10-28-15(14)16(19)24/h11-12,14-15H,4-10H2,1-3H3,(H2,19,24)(H,20,26)/t12-,14?,15?/m0/s1. The van der Waals surface area contributed by atoms with Crippen LogP contribution in [0.4, 0.5) is 4.79 Å². The third kappa shape index (κ3) is 6.38. The molecular weight excluding hydrogens is 384 g/mol. The number of hydrogen-bond acceptors (Lipinski definition) is 8. The van der Waals surface area contributed by atoms with Crippen molar-refractivity contribution in [2.75, 3.05) is 40.0 Å². The van der Waals surface area contributed by atoms with Gasteiger partial charge in [-0.05, 0) is 18.8 Å². The van der Waals surface area contributed by atoms with Crippen molar-refractivity contribution in [1.29, 1.82) is 0 Å². The van der Waals surface area contributed by atoms with E-state index in [0.29, 0.717) is 45.1 Å². The molecule has 164 valence electrons. The number of Topliss-reactive ketones (excluding diaryl/α,β-unsaturated/α-hetero) is 1. The van der Waals surface area contributed by atoms with E-state index < -0.39 is 41.9 Å². The number of amides is 3. The summed E-state index contributed by atoms with van der Waals surface area (Å²) in [5, 5.41) is 4.04. The zero-order chi connectivity index (χ0) is 21.6. The van der Waals surface area contributed by atoms with Gasteiger partial charge in [0.15, 0.2) is 11.9 Å². The number of primary amides is 1. The molecule has 0 saturated carbocycles. The number of hydroxylamine groups is 2. The summed E-state index contributed by atoms with van der Waals surface area (Å²) < 4.78 is 10.3. The Hall–Kier alpha value is -2.24. The minimum atomic E-state index is -1.21. The molecule has 2 saturated heterocycles. The first kappa shape index (κ1) is 23.0. The van der Waals surface area contributed by atoms with Crippen LogP contribution in [0, 0.1) is 5.92 Å². The lowest BCUT2D eigenvalue weighted by Gasteiger charge is -2.31. The smallest absolute Gasteiger partial charge is 0.379 e. The number of morpholine rings is 1. The number of nitrogens with two attached hydrogens (primary N) is 1. The van der Waals surface area contributed by atoms with Crippen LogP contribution in [0.5, 0.6) is 0 Å². The molecule has 3 amide bonds. The highest BCUT2D eigenvalue weighted by Gasteiger charge is 2.45. The van der Waals surface area contributed by atoms with Crippen LogP contribution >= 0.6 is 0 Å². The second-order valence-corrected chi connectivity index (χ2v) is 7.58. The van der Waals surface area contributed by atoms with Crippen LogP contribution in [0.25, 0.3) is 0 Å². The fourth-order valence-electron chi connectivity index (χ4n) is 3.24. The maximum Gasteiger partial charge on any atom is 0.426 e. The lowest BCUT2D eigenvalue weighted by atomic mass is 10.0. The van der Waals surface area contributed by atoms with Gasteiger partial charge in [-0.3, -0.25) is 14.4 Å². The number of carbonyl (C=O) groups excluding carboxylic acids is 4. The summed E-state index contributed by atoms with van der Waals surface area (Å²) >= 11 is 0. The first-order chi connectivity index (χ1) is 13.7. The topological polar surface area (TPSA) is 140 Å². The molecule has 0 spiro atoms. The highest BCUT2D eigenvalue weighted by molar-refractivity contribution is 5.99. The maximum absolute atomic E-state index is 13.0. The van der Waals surface area contributed by atoms with E-state index in [1.807, 2.05) is 13.8 Å². The largest absolute Gasteiger partial charge is 0.426 e. The molecule has 29 heavy (non-hydrogen) atoms. The molecule has 0 aromatic carbocycles. The van der Waals surface area contributed by atoms with E-state index >= 15 is 0 Å². The zero-order valence-corrected chi connectivity index (χ0v) is 17.1. The minimum Gasteiger partial charge on any atom is -0.379 e. The Morgan fingerprint density at radius 1 is 1.28 bits per heavy atom. The zero-order valence-electron chi connectivity index (χ0n) is 17.1. The van der Waals surface area contributed by atoms with Crippen molar-refractivity contribution in [1.82, 2.24) is 15.3 Å². The molecule has 2 aliphatic heterocycles. The summed E-state index contributed by atoms with van der Waals surface area (Å²) in [5.41, 5.74) is 5.29. The lowest BCUT2D eigenvalue weighted by molar-refractivity contribution is -0.149. The van der Waals surface area contributed by atoms with E-state index in [0.717, 1.165) is 4.90 Å². The van der Waals surface area contributed by atoms with Gasteiger partial charge in [0.1, 0.15) is 18.7 Å². The van der Waals surface area contributed by atoms with Gasteiger partial charge in [-0.2, -0.15) is 0 Å². The minimum absolute atomic E-state index is 0.293. The summed E-state index contributed by atoms with van der Waals surface area (Å²) in [6, 6.07) is -2.03. The second kappa shape index (κ2) is 10.5. The number of ether oxygens (including phenoxy) is 2. The van der Waals surface area contributed by atoms with Gasteiger partial charge >= 0.3 is 6.09 Å². The number of likely N-dealkylation sites (N-methyl/N-ethyl adjacent to an activating group) is 1. The molecule has 2 aliphatic rings. The number of nitrogens with zero attached hydrogens (tertiary/aromatic N) is 2. The molecule has 0 radical (unpaired) electrons. The molecule has 2 fully saturated rings. The first-order valence-corrected chi connectivity index (χ1v) is 9.72. The quantitative estimate of drug-likeness (QED) is 0.518. The van der Waals surface area contributed by atoms with Gasteiger partial charge in [-0.25, -0.2) is 4.79 Å². The third-order valence-corrected chi connectivity index (χ3v) is 4.87. The van der Waals surface area contributed by atoms with E-state index in [4.69, 9.17) is 20.0 Å². The van der Waals surface area contributed by atoms with Gasteiger partial charge in [-0.15, -0.1) is 5.06 Å². The molecule has 0 aliphatic carbocycles. The number of rotatable bonds is 8. The summed E-state index contributed by atoms with van der Waals surface area (Å²) in [6.07, 6.45) is -0.955. The molecule has 0 bridgehead atoms. The Morgan fingerprint density at radius 2 is 1.93 bits per heavy atom. The maximum atomic E-state index is 13.0. The van der Waals surface area contributed by atoms with Crippen LogP contribution in [0.15, 0.2) is 0 Å². The van der Waals surface area contributed by atoms with E-state index in [2.05, 4.69) is 5.32 Å². The number of hydrogen-bond donors (Lipinski definition) is 2. The predicted octanol–water partition coefficient (Wildman–Crippen LogP) is -0.955. The summed E-state index contributed by atoms with van der Waals surface area (Å²) in [7, 11) is 1.40. The predicted molar refractivity (Wildman–Crippen MR) is 100 cm³/mol. The number of nitrogens with one attached hydrogen (secondary N) is 1. The Kier molecular flexibility index (Phi) is 8.35. The van der Waals surface area contributed by atoms with Gasteiger partial charge < -0.3 is 30.3 Å². The van der Waals surface area contributed by atoms with E-state index in [-0.39, 0.29) is 6.61 Å². The van der Waals surface area contributed by atoms with Crippen molar-refractivity contribution in [2.45, 2.75) is 44.9 Å². The molecular formula is C18H30N4O7. The van der Waals surface area contributed by atoms with Crippen LogP contribution in [0.2, 0.25) is 0 Å². The molecule has 2 heterocycles. The Bertz CT molecular complexity index is 621. The average molecular weight is 414 g/mol. The SMILES string of the molecule is CC(C)CC[C@H](NC(=O)ON1CCOCC1)C(=O)N(C)C1C(=O)COC1C(N)=O. The van der Waals surface area contributed by atoms with Crippen molar-refractivity contribution in [3.63, 3.8) is 0 Å². The molecule has 2 rings (SSSR count). The average Bonchev–Trinajstić information content (AvgIpc) is 3.06. The molecule has 0 aromatic rings. The van der Waals surface area contributed by atoms with E-state index in [1.165, 1.54) is 12.1 Å². The third-order valence-electron chi connectivity index (χ3n) is 4.87. The van der Waals surface area contributed by atoms with Gasteiger partial charge in [0.05, 0.1) is 26.3 Å². The monoisotopic (exact) mass is 414 g/mol. The van der Waals surface area contributed by atoms with Crippen LogP contribution < -0.4 is 11.1 Å².